The summed E-state index contributed by atoms with van der Waals surface area (Å²) in [5, 5.41) is 11.4. The summed E-state index contributed by atoms with van der Waals surface area (Å²) in [4.78, 5) is 0. The van der Waals surface area contributed by atoms with Crippen LogP contribution in [0.5, 0.6) is 0 Å². The molecule has 4 aromatic rings. The molecular formula is C21H21NO2. The quantitative estimate of drug-likeness (QED) is 0.425. The van der Waals surface area contributed by atoms with Crippen molar-refractivity contribution < 1.29 is 9.47 Å². The van der Waals surface area contributed by atoms with Gasteiger partial charge in [0.1, 0.15) is 0 Å². The van der Waals surface area contributed by atoms with E-state index in [0.717, 1.165) is 6.54 Å². The normalized spacial score (nSPS) is 12.1. The Kier molecular flexibility index (Phi) is 4.07. The van der Waals surface area contributed by atoms with Gasteiger partial charge in [-0.05, 0) is 37.9 Å². The summed E-state index contributed by atoms with van der Waals surface area (Å²) in [6.45, 7) is 1.45. The average molecular weight is 319 g/mol. The second kappa shape index (κ2) is 6.36. The van der Waals surface area contributed by atoms with Crippen molar-refractivity contribution in [1.29, 1.82) is 0 Å². The van der Waals surface area contributed by atoms with Crippen molar-refractivity contribution in [3.63, 3.8) is 0 Å². The molecule has 0 unspecified atom stereocenters. The molecule has 0 spiro atoms. The molecule has 0 atom stereocenters. The fourth-order valence-electron chi connectivity index (χ4n) is 3.54. The highest BCUT2D eigenvalue weighted by molar-refractivity contribution is 6.23. The first-order chi connectivity index (χ1) is 11.8. The molecule has 0 radical (unpaired) electrons. The van der Waals surface area contributed by atoms with Crippen LogP contribution in [0.4, 0.5) is 0 Å². The van der Waals surface area contributed by atoms with Crippen molar-refractivity contribution >= 4 is 32.3 Å². The van der Waals surface area contributed by atoms with Gasteiger partial charge in [-0.3, -0.25) is 0 Å². The molecule has 0 amide bonds. The van der Waals surface area contributed by atoms with Gasteiger partial charge in [0, 0.05) is 27.3 Å². The summed E-state index contributed by atoms with van der Waals surface area (Å²) in [6, 6.07) is 19.8. The molecule has 0 saturated carbocycles. The Labute approximate surface area is 141 Å². The minimum absolute atomic E-state index is 0.218. The topological polar surface area (TPSA) is 30.5 Å². The van der Waals surface area contributed by atoms with Crippen LogP contribution in [0.25, 0.3) is 32.3 Å². The predicted octanol–water partition coefficient (Wildman–Crippen LogP) is 4.29. The van der Waals surface area contributed by atoms with Crippen LogP contribution in [-0.4, -0.2) is 27.1 Å². The summed E-state index contributed by atoms with van der Waals surface area (Å²) < 4.78 is 10.5. The molecule has 0 aliphatic heterocycles. The lowest BCUT2D eigenvalue weighted by Gasteiger charge is -2.16. The zero-order valence-electron chi connectivity index (χ0n) is 14.0. The Balaban J connectivity index is 1.77. The van der Waals surface area contributed by atoms with Crippen LogP contribution in [0.3, 0.4) is 0 Å². The first-order valence-electron chi connectivity index (χ1n) is 8.23. The summed E-state index contributed by atoms with van der Waals surface area (Å²) in [6.07, 6.45) is -0.218. The Morgan fingerprint density at radius 3 is 2.12 bits per heavy atom. The monoisotopic (exact) mass is 319 g/mol. The largest absolute Gasteiger partial charge is 0.355 e. The van der Waals surface area contributed by atoms with E-state index in [2.05, 4.69) is 59.9 Å². The smallest absolute Gasteiger partial charge is 0.169 e. The fraction of sp³-hybridized carbons (Fsp3) is 0.238. The van der Waals surface area contributed by atoms with Gasteiger partial charge in [-0.25, -0.2) is 0 Å². The molecule has 0 bridgehead atoms. The lowest BCUT2D eigenvalue weighted by atomic mass is 9.92. The highest BCUT2D eigenvalue weighted by Gasteiger charge is 2.11. The van der Waals surface area contributed by atoms with E-state index in [0.29, 0.717) is 6.54 Å². The summed E-state index contributed by atoms with van der Waals surface area (Å²) in [5.74, 6) is 0. The minimum Gasteiger partial charge on any atom is -0.355 e. The van der Waals surface area contributed by atoms with Gasteiger partial charge in [-0.2, -0.15) is 0 Å². The Bertz CT molecular complexity index is 960. The Hall–Kier alpha value is -2.20. The molecule has 0 aromatic heterocycles. The lowest BCUT2D eigenvalue weighted by Crippen LogP contribution is -2.29. The van der Waals surface area contributed by atoms with Gasteiger partial charge in [0.2, 0.25) is 0 Å². The zero-order chi connectivity index (χ0) is 16.5. The number of methoxy groups -OCH3 is 2. The Morgan fingerprint density at radius 2 is 1.42 bits per heavy atom. The van der Waals surface area contributed by atoms with Gasteiger partial charge in [-0.15, -0.1) is 0 Å². The van der Waals surface area contributed by atoms with Gasteiger partial charge < -0.3 is 14.8 Å². The van der Waals surface area contributed by atoms with Crippen LogP contribution in [0.15, 0.2) is 54.6 Å². The molecule has 0 saturated heterocycles. The lowest BCUT2D eigenvalue weighted by molar-refractivity contribution is -0.0988. The molecule has 3 nitrogen and oxygen atoms in total. The van der Waals surface area contributed by atoms with E-state index in [1.807, 2.05) is 0 Å². The fourth-order valence-corrected chi connectivity index (χ4v) is 3.54. The molecule has 0 fully saturated rings. The molecule has 0 aliphatic carbocycles. The maximum Gasteiger partial charge on any atom is 0.169 e. The SMILES string of the molecule is COC(CNCc1ccc2ccc3cccc4ccc1c2c34)OC. The molecule has 0 heterocycles. The van der Waals surface area contributed by atoms with Crippen molar-refractivity contribution in [3.8, 4) is 0 Å². The van der Waals surface area contributed by atoms with Crippen LogP contribution in [0.2, 0.25) is 0 Å². The number of ether oxygens (including phenoxy) is 2. The summed E-state index contributed by atoms with van der Waals surface area (Å²) >= 11 is 0. The molecule has 122 valence electrons. The van der Waals surface area contributed by atoms with Crippen LogP contribution >= 0.6 is 0 Å². The molecule has 24 heavy (non-hydrogen) atoms. The molecule has 3 heteroatoms. The first-order valence-corrected chi connectivity index (χ1v) is 8.23. The maximum absolute atomic E-state index is 5.23. The second-order valence-corrected chi connectivity index (χ2v) is 6.11. The van der Waals surface area contributed by atoms with Crippen LogP contribution in [0.1, 0.15) is 5.56 Å². The number of hydrogen-bond acceptors (Lipinski definition) is 3. The molecule has 4 rings (SSSR count). The third-order valence-corrected chi connectivity index (χ3v) is 4.77. The van der Waals surface area contributed by atoms with E-state index in [4.69, 9.17) is 9.47 Å². The van der Waals surface area contributed by atoms with Crippen LogP contribution in [-0.2, 0) is 16.0 Å². The number of rotatable bonds is 6. The summed E-state index contributed by atoms with van der Waals surface area (Å²) in [5.41, 5.74) is 1.30. The van der Waals surface area contributed by atoms with Crippen molar-refractivity contribution in [3.05, 3.63) is 60.2 Å². The van der Waals surface area contributed by atoms with Crippen molar-refractivity contribution in [1.82, 2.24) is 5.32 Å². The van der Waals surface area contributed by atoms with Gasteiger partial charge in [0.05, 0.1) is 0 Å². The summed E-state index contributed by atoms with van der Waals surface area (Å²) in [7, 11) is 3.32. The number of hydrogen-bond donors (Lipinski definition) is 1. The van der Waals surface area contributed by atoms with Crippen LogP contribution < -0.4 is 5.32 Å². The van der Waals surface area contributed by atoms with E-state index in [-0.39, 0.29) is 6.29 Å². The maximum atomic E-state index is 5.23. The first kappa shape index (κ1) is 15.3. The standard InChI is InChI=1S/C21H21NO2/c1-23-19(24-2)13-22-12-17-9-8-16-7-6-14-4-3-5-15-10-11-18(17)21(16)20(14)15/h3-11,19,22H,12-13H2,1-2H3. The predicted molar refractivity (Wildman–Crippen MR) is 99.7 cm³/mol. The highest BCUT2D eigenvalue weighted by atomic mass is 16.7. The van der Waals surface area contributed by atoms with Gasteiger partial charge in [0.15, 0.2) is 6.29 Å². The van der Waals surface area contributed by atoms with Gasteiger partial charge in [-0.1, -0.05) is 54.6 Å². The molecule has 1 N–H and O–H groups in total. The van der Waals surface area contributed by atoms with Crippen molar-refractivity contribution in [2.75, 3.05) is 20.8 Å². The highest BCUT2D eigenvalue weighted by Crippen LogP contribution is 2.35. The number of nitrogens with one attached hydrogen (secondary N) is 1. The van der Waals surface area contributed by atoms with Gasteiger partial charge >= 0.3 is 0 Å². The van der Waals surface area contributed by atoms with E-state index < -0.39 is 0 Å². The van der Waals surface area contributed by atoms with E-state index in [1.165, 1.54) is 37.9 Å². The minimum atomic E-state index is -0.218. The van der Waals surface area contributed by atoms with Crippen LogP contribution in [0, 0.1) is 0 Å². The Morgan fingerprint density at radius 1 is 0.792 bits per heavy atom. The van der Waals surface area contributed by atoms with E-state index in [9.17, 15) is 0 Å². The molecular weight excluding hydrogens is 298 g/mol. The van der Waals surface area contributed by atoms with Crippen molar-refractivity contribution in [2.24, 2.45) is 0 Å². The van der Waals surface area contributed by atoms with E-state index in [1.54, 1.807) is 14.2 Å². The molecule has 0 aliphatic rings. The third-order valence-electron chi connectivity index (χ3n) is 4.77. The third kappa shape index (κ3) is 2.51. The second-order valence-electron chi connectivity index (χ2n) is 6.11. The van der Waals surface area contributed by atoms with Gasteiger partial charge in [0.25, 0.3) is 0 Å². The van der Waals surface area contributed by atoms with E-state index >= 15 is 0 Å². The average Bonchev–Trinajstić information content (AvgIpc) is 2.64. The molecule has 4 aromatic carbocycles. The zero-order valence-corrected chi connectivity index (χ0v) is 14.0. The number of benzene rings is 4. The van der Waals surface area contributed by atoms with Crippen molar-refractivity contribution in [2.45, 2.75) is 12.8 Å².